The fourth-order valence-corrected chi connectivity index (χ4v) is 3.14. The van der Waals surface area contributed by atoms with Crippen LogP contribution in [0.4, 0.5) is 0 Å². The second-order valence-corrected chi connectivity index (χ2v) is 6.92. The van der Waals surface area contributed by atoms with E-state index in [0.717, 1.165) is 19.1 Å². The lowest BCUT2D eigenvalue weighted by Crippen LogP contribution is -2.47. The fraction of sp³-hybridized carbons (Fsp3) is 1.00. The SMILES string of the molecule is CCCNCC(C)(C)CN(C)C1CCN(CC)CC1. The molecule has 1 N–H and O–H groups in total. The highest BCUT2D eigenvalue weighted by molar-refractivity contribution is 4.82. The van der Waals surface area contributed by atoms with Crippen molar-refractivity contribution in [1.82, 2.24) is 15.1 Å². The van der Waals surface area contributed by atoms with E-state index in [-0.39, 0.29) is 0 Å². The topological polar surface area (TPSA) is 18.5 Å². The lowest BCUT2D eigenvalue weighted by atomic mass is 9.91. The lowest BCUT2D eigenvalue weighted by Gasteiger charge is -2.40. The van der Waals surface area contributed by atoms with Crippen molar-refractivity contribution < 1.29 is 0 Å². The highest BCUT2D eigenvalue weighted by Gasteiger charge is 2.26. The van der Waals surface area contributed by atoms with Gasteiger partial charge in [0.2, 0.25) is 0 Å². The fourth-order valence-electron chi connectivity index (χ4n) is 3.14. The summed E-state index contributed by atoms with van der Waals surface area (Å²) in [5, 5.41) is 3.56. The minimum absolute atomic E-state index is 0.367. The van der Waals surface area contributed by atoms with Crippen LogP contribution in [-0.2, 0) is 0 Å². The van der Waals surface area contributed by atoms with Crippen LogP contribution in [0.3, 0.4) is 0 Å². The van der Waals surface area contributed by atoms with E-state index in [9.17, 15) is 0 Å². The normalized spacial score (nSPS) is 19.3. The molecule has 0 aliphatic carbocycles. The van der Waals surface area contributed by atoms with E-state index in [0.29, 0.717) is 5.41 Å². The molecule has 0 spiro atoms. The van der Waals surface area contributed by atoms with Crippen molar-refractivity contribution in [3.8, 4) is 0 Å². The van der Waals surface area contributed by atoms with Gasteiger partial charge in [0.15, 0.2) is 0 Å². The zero-order chi connectivity index (χ0) is 14.3. The van der Waals surface area contributed by atoms with Gasteiger partial charge in [-0.15, -0.1) is 0 Å². The zero-order valence-electron chi connectivity index (χ0n) is 13.8. The van der Waals surface area contributed by atoms with Gasteiger partial charge in [0, 0.05) is 19.1 Å². The van der Waals surface area contributed by atoms with Gasteiger partial charge in [-0.1, -0.05) is 27.7 Å². The molecule has 1 saturated heterocycles. The molecule has 1 fully saturated rings. The lowest BCUT2D eigenvalue weighted by molar-refractivity contribution is 0.0986. The maximum atomic E-state index is 3.56. The molecule has 0 aromatic carbocycles. The van der Waals surface area contributed by atoms with Crippen LogP contribution in [0.15, 0.2) is 0 Å². The van der Waals surface area contributed by atoms with Crippen LogP contribution in [0, 0.1) is 5.41 Å². The standard InChI is InChI=1S/C16H35N3/c1-6-10-17-13-16(3,4)14-18(5)15-8-11-19(7-2)12-9-15/h15,17H,6-14H2,1-5H3. The number of hydrogen-bond acceptors (Lipinski definition) is 3. The van der Waals surface area contributed by atoms with Crippen LogP contribution < -0.4 is 5.32 Å². The Morgan fingerprint density at radius 1 is 1.21 bits per heavy atom. The summed E-state index contributed by atoms with van der Waals surface area (Å²) in [4.78, 5) is 5.17. The Kier molecular flexibility index (Phi) is 7.33. The Morgan fingerprint density at radius 2 is 1.84 bits per heavy atom. The Morgan fingerprint density at radius 3 is 2.37 bits per heavy atom. The van der Waals surface area contributed by atoms with Gasteiger partial charge < -0.3 is 15.1 Å². The van der Waals surface area contributed by atoms with Crippen LogP contribution in [0.2, 0.25) is 0 Å². The van der Waals surface area contributed by atoms with Crippen molar-refractivity contribution in [2.45, 2.75) is 53.0 Å². The van der Waals surface area contributed by atoms with Gasteiger partial charge in [0.1, 0.15) is 0 Å². The van der Waals surface area contributed by atoms with Crippen LogP contribution in [0.5, 0.6) is 0 Å². The molecule has 0 unspecified atom stereocenters. The molecule has 0 aromatic rings. The second-order valence-electron chi connectivity index (χ2n) is 6.92. The first-order valence-corrected chi connectivity index (χ1v) is 8.12. The molecule has 114 valence electrons. The Labute approximate surface area is 120 Å². The predicted octanol–water partition coefficient (Wildman–Crippen LogP) is 2.43. The Balaban J connectivity index is 2.31. The number of nitrogens with zero attached hydrogens (tertiary/aromatic N) is 2. The van der Waals surface area contributed by atoms with E-state index in [1.54, 1.807) is 0 Å². The molecular formula is C16H35N3. The average molecular weight is 269 g/mol. The summed E-state index contributed by atoms with van der Waals surface area (Å²) in [7, 11) is 2.31. The first-order chi connectivity index (χ1) is 8.98. The number of piperidine rings is 1. The summed E-state index contributed by atoms with van der Waals surface area (Å²) in [5.74, 6) is 0. The number of hydrogen-bond donors (Lipinski definition) is 1. The summed E-state index contributed by atoms with van der Waals surface area (Å²) in [6.45, 7) is 16.5. The molecule has 1 aliphatic rings. The molecule has 1 aliphatic heterocycles. The number of likely N-dealkylation sites (tertiary alicyclic amines) is 1. The van der Waals surface area contributed by atoms with Gasteiger partial charge >= 0.3 is 0 Å². The molecular weight excluding hydrogens is 234 g/mol. The summed E-state index contributed by atoms with van der Waals surface area (Å²) < 4.78 is 0. The van der Waals surface area contributed by atoms with Gasteiger partial charge in [-0.3, -0.25) is 0 Å². The largest absolute Gasteiger partial charge is 0.316 e. The molecule has 0 bridgehead atoms. The van der Waals surface area contributed by atoms with Gasteiger partial charge in [-0.25, -0.2) is 0 Å². The summed E-state index contributed by atoms with van der Waals surface area (Å²) >= 11 is 0. The molecule has 0 amide bonds. The molecule has 19 heavy (non-hydrogen) atoms. The van der Waals surface area contributed by atoms with Crippen LogP contribution >= 0.6 is 0 Å². The maximum absolute atomic E-state index is 3.56. The maximum Gasteiger partial charge on any atom is 0.0117 e. The monoisotopic (exact) mass is 269 g/mol. The third kappa shape index (κ3) is 6.24. The number of rotatable bonds is 8. The van der Waals surface area contributed by atoms with Crippen molar-refractivity contribution in [3.63, 3.8) is 0 Å². The average Bonchev–Trinajstić information content (AvgIpc) is 2.38. The van der Waals surface area contributed by atoms with Crippen molar-refractivity contribution in [3.05, 3.63) is 0 Å². The third-order valence-corrected chi connectivity index (χ3v) is 4.34. The van der Waals surface area contributed by atoms with Gasteiger partial charge in [0.25, 0.3) is 0 Å². The van der Waals surface area contributed by atoms with E-state index < -0.39 is 0 Å². The van der Waals surface area contributed by atoms with Crippen molar-refractivity contribution >= 4 is 0 Å². The highest BCUT2D eigenvalue weighted by atomic mass is 15.2. The molecule has 0 saturated carbocycles. The third-order valence-electron chi connectivity index (χ3n) is 4.34. The molecule has 1 heterocycles. The van der Waals surface area contributed by atoms with Crippen LogP contribution in [-0.4, -0.2) is 62.2 Å². The van der Waals surface area contributed by atoms with Crippen molar-refractivity contribution in [2.75, 3.05) is 46.3 Å². The Bertz CT molecular complexity index is 232. The van der Waals surface area contributed by atoms with Crippen LogP contribution in [0.1, 0.15) is 47.0 Å². The predicted molar refractivity (Wildman–Crippen MR) is 84.7 cm³/mol. The van der Waals surface area contributed by atoms with E-state index in [1.165, 1.54) is 45.4 Å². The molecule has 3 nitrogen and oxygen atoms in total. The zero-order valence-corrected chi connectivity index (χ0v) is 13.8. The van der Waals surface area contributed by atoms with Gasteiger partial charge in [0.05, 0.1) is 0 Å². The van der Waals surface area contributed by atoms with Gasteiger partial charge in [-0.05, 0) is 57.9 Å². The molecule has 3 heteroatoms. The number of nitrogens with one attached hydrogen (secondary N) is 1. The summed E-state index contributed by atoms with van der Waals surface area (Å²) in [5.41, 5.74) is 0.367. The smallest absolute Gasteiger partial charge is 0.0117 e. The minimum Gasteiger partial charge on any atom is -0.316 e. The first-order valence-electron chi connectivity index (χ1n) is 8.12. The summed E-state index contributed by atoms with van der Waals surface area (Å²) in [6, 6.07) is 0.785. The van der Waals surface area contributed by atoms with E-state index >= 15 is 0 Å². The van der Waals surface area contributed by atoms with Crippen molar-refractivity contribution in [1.29, 1.82) is 0 Å². The van der Waals surface area contributed by atoms with Crippen LogP contribution in [0.25, 0.3) is 0 Å². The molecule has 0 atom stereocenters. The van der Waals surface area contributed by atoms with Crippen molar-refractivity contribution in [2.24, 2.45) is 5.41 Å². The molecule has 0 aromatic heterocycles. The first kappa shape index (κ1) is 16.9. The second kappa shape index (κ2) is 8.23. The quantitative estimate of drug-likeness (QED) is 0.683. The van der Waals surface area contributed by atoms with Gasteiger partial charge in [-0.2, -0.15) is 0 Å². The van der Waals surface area contributed by atoms with E-state index in [1.807, 2.05) is 0 Å². The molecule has 1 rings (SSSR count). The Hall–Kier alpha value is -0.120. The summed E-state index contributed by atoms with van der Waals surface area (Å²) in [6.07, 6.45) is 3.90. The van der Waals surface area contributed by atoms with E-state index in [4.69, 9.17) is 0 Å². The highest BCUT2D eigenvalue weighted by Crippen LogP contribution is 2.21. The minimum atomic E-state index is 0.367. The molecule has 0 radical (unpaired) electrons. The van der Waals surface area contributed by atoms with E-state index in [2.05, 4.69) is 49.9 Å².